The van der Waals surface area contributed by atoms with Gasteiger partial charge in [0.05, 0.1) is 0 Å². The lowest BCUT2D eigenvalue weighted by atomic mass is 10.1. The molecule has 3 heteroatoms. The van der Waals surface area contributed by atoms with E-state index in [2.05, 4.69) is 83.7 Å². The van der Waals surface area contributed by atoms with Gasteiger partial charge in [0.2, 0.25) is 5.91 Å². The quantitative estimate of drug-likeness (QED) is 0.628. The number of carbonyl (C=O) groups is 1. The van der Waals surface area contributed by atoms with E-state index < -0.39 is 0 Å². The van der Waals surface area contributed by atoms with Crippen molar-refractivity contribution in [1.82, 2.24) is 9.88 Å². The fraction of sp³-hybridized carbons (Fsp3) is 0.240. The van der Waals surface area contributed by atoms with Crippen molar-refractivity contribution in [2.75, 3.05) is 6.54 Å². The number of nitrogens with one attached hydrogen (secondary N) is 1. The van der Waals surface area contributed by atoms with Gasteiger partial charge >= 0.3 is 0 Å². The molecule has 1 aliphatic carbocycles. The van der Waals surface area contributed by atoms with Crippen molar-refractivity contribution >= 4 is 16.8 Å². The Morgan fingerprint density at radius 3 is 2.71 bits per heavy atom. The first-order chi connectivity index (χ1) is 13.7. The maximum atomic E-state index is 12.3. The van der Waals surface area contributed by atoms with Crippen LogP contribution < -0.4 is 5.32 Å². The molecule has 1 amide bonds. The molecule has 142 valence electrons. The number of hydrogen-bond donors (Lipinski definition) is 1. The Balaban J connectivity index is 1.46. The molecule has 0 saturated carbocycles. The van der Waals surface area contributed by atoms with E-state index in [0.717, 1.165) is 19.4 Å². The van der Waals surface area contributed by atoms with Crippen molar-refractivity contribution in [3.63, 3.8) is 0 Å². The molecule has 28 heavy (non-hydrogen) atoms. The van der Waals surface area contributed by atoms with Gasteiger partial charge in [-0.1, -0.05) is 60.7 Å². The van der Waals surface area contributed by atoms with Crippen molar-refractivity contribution in [2.45, 2.75) is 32.7 Å². The van der Waals surface area contributed by atoms with E-state index in [4.69, 9.17) is 0 Å². The molecule has 0 aliphatic heterocycles. The number of allylic oxidation sites excluding steroid dienone is 3. The lowest BCUT2D eigenvalue weighted by molar-refractivity contribution is -0.120. The molecule has 1 N–H and O–H groups in total. The topological polar surface area (TPSA) is 34.0 Å². The Labute approximate surface area is 166 Å². The van der Waals surface area contributed by atoms with E-state index in [0.29, 0.717) is 13.0 Å². The molecule has 4 rings (SSSR count). The van der Waals surface area contributed by atoms with Crippen LogP contribution in [0.15, 0.2) is 78.5 Å². The summed E-state index contributed by atoms with van der Waals surface area (Å²) >= 11 is 0. The van der Waals surface area contributed by atoms with Crippen LogP contribution in [0.2, 0.25) is 0 Å². The van der Waals surface area contributed by atoms with Gasteiger partial charge in [-0.2, -0.15) is 0 Å². The van der Waals surface area contributed by atoms with Crippen LogP contribution in [0, 0.1) is 6.92 Å². The Bertz CT molecular complexity index is 1060. The molecule has 0 fully saturated rings. The zero-order valence-corrected chi connectivity index (χ0v) is 16.3. The summed E-state index contributed by atoms with van der Waals surface area (Å²) in [5.74, 6) is 0.114. The SMILES string of the molecule is Cc1ccccc1Cn1cc(CCC(=O)NCC2=CC=CC2)c2ccccc21. The highest BCUT2D eigenvalue weighted by atomic mass is 16.1. The van der Waals surface area contributed by atoms with Gasteiger partial charge in [-0.25, -0.2) is 0 Å². The summed E-state index contributed by atoms with van der Waals surface area (Å²) in [6.45, 7) is 3.66. The van der Waals surface area contributed by atoms with Gasteiger partial charge in [-0.3, -0.25) is 4.79 Å². The van der Waals surface area contributed by atoms with Crippen molar-refractivity contribution in [2.24, 2.45) is 0 Å². The molecule has 0 atom stereocenters. The summed E-state index contributed by atoms with van der Waals surface area (Å²) in [5.41, 5.74) is 6.36. The molecule has 0 spiro atoms. The van der Waals surface area contributed by atoms with Crippen LogP contribution in [0.4, 0.5) is 0 Å². The molecular weight excluding hydrogens is 344 g/mol. The van der Waals surface area contributed by atoms with Crippen molar-refractivity contribution < 1.29 is 4.79 Å². The lowest BCUT2D eigenvalue weighted by Crippen LogP contribution is -2.25. The Kier molecular flexibility index (Phi) is 5.43. The summed E-state index contributed by atoms with van der Waals surface area (Å²) in [5, 5.41) is 4.29. The molecule has 0 bridgehead atoms. The summed E-state index contributed by atoms with van der Waals surface area (Å²) in [6.07, 6.45) is 10.7. The minimum absolute atomic E-state index is 0.114. The fourth-order valence-electron chi connectivity index (χ4n) is 3.80. The van der Waals surface area contributed by atoms with Gasteiger partial charge < -0.3 is 9.88 Å². The van der Waals surface area contributed by atoms with Crippen molar-refractivity contribution in [1.29, 1.82) is 0 Å². The van der Waals surface area contributed by atoms with Gasteiger partial charge in [-0.05, 0) is 48.1 Å². The molecule has 0 unspecified atom stereocenters. The number of aryl methyl sites for hydroxylation is 2. The highest BCUT2D eigenvalue weighted by Crippen LogP contribution is 2.24. The van der Waals surface area contributed by atoms with Crippen LogP contribution in [0.3, 0.4) is 0 Å². The predicted octanol–water partition coefficient (Wildman–Crippen LogP) is 4.93. The monoisotopic (exact) mass is 370 g/mol. The molecular formula is C25H26N2O. The highest BCUT2D eigenvalue weighted by Gasteiger charge is 2.11. The molecule has 2 aromatic carbocycles. The number of amides is 1. The first kappa shape index (κ1) is 18.3. The van der Waals surface area contributed by atoms with Crippen LogP contribution in [-0.2, 0) is 17.8 Å². The minimum Gasteiger partial charge on any atom is -0.352 e. The van der Waals surface area contributed by atoms with Gasteiger partial charge in [0, 0.05) is 36.6 Å². The smallest absolute Gasteiger partial charge is 0.220 e. The molecule has 1 heterocycles. The van der Waals surface area contributed by atoms with Crippen molar-refractivity contribution in [3.05, 3.63) is 95.2 Å². The summed E-state index contributed by atoms with van der Waals surface area (Å²) in [6, 6.07) is 17.0. The minimum atomic E-state index is 0.114. The second kappa shape index (κ2) is 8.30. The third kappa shape index (κ3) is 4.09. The Morgan fingerprint density at radius 2 is 1.89 bits per heavy atom. The van der Waals surface area contributed by atoms with Crippen LogP contribution in [-0.4, -0.2) is 17.0 Å². The second-order valence-electron chi connectivity index (χ2n) is 7.46. The van der Waals surface area contributed by atoms with E-state index in [-0.39, 0.29) is 5.91 Å². The standard InChI is InChI=1S/C25H26N2O/c1-19-8-2-5-11-21(19)17-27-18-22(23-12-6-7-13-24(23)27)14-15-25(28)26-16-20-9-3-4-10-20/h2-9,11-13,18H,10,14-17H2,1H3,(H,26,28). The number of benzene rings is 2. The number of nitrogens with zero attached hydrogens (tertiary/aromatic N) is 1. The summed E-state index contributed by atoms with van der Waals surface area (Å²) < 4.78 is 2.31. The number of hydrogen-bond acceptors (Lipinski definition) is 1. The average Bonchev–Trinajstić information content (AvgIpc) is 3.35. The zero-order chi connectivity index (χ0) is 19.3. The number of carbonyl (C=O) groups excluding carboxylic acids is 1. The van der Waals surface area contributed by atoms with E-state index in [1.807, 2.05) is 6.08 Å². The number of fused-ring (bicyclic) bond motifs is 1. The van der Waals surface area contributed by atoms with Crippen LogP contribution in [0.25, 0.3) is 10.9 Å². The normalized spacial score (nSPS) is 13.1. The molecule has 0 radical (unpaired) electrons. The van der Waals surface area contributed by atoms with Gasteiger partial charge in [-0.15, -0.1) is 0 Å². The maximum Gasteiger partial charge on any atom is 0.220 e. The van der Waals surface area contributed by atoms with Crippen molar-refractivity contribution in [3.8, 4) is 0 Å². The van der Waals surface area contributed by atoms with Crippen LogP contribution in [0.1, 0.15) is 29.5 Å². The molecule has 3 aromatic rings. The van der Waals surface area contributed by atoms with Crippen LogP contribution >= 0.6 is 0 Å². The maximum absolute atomic E-state index is 12.3. The molecule has 1 aliphatic rings. The highest BCUT2D eigenvalue weighted by molar-refractivity contribution is 5.85. The molecule has 0 saturated heterocycles. The second-order valence-corrected chi connectivity index (χ2v) is 7.46. The number of aromatic nitrogens is 1. The summed E-state index contributed by atoms with van der Waals surface area (Å²) in [7, 11) is 0. The first-order valence-corrected chi connectivity index (χ1v) is 9.93. The summed E-state index contributed by atoms with van der Waals surface area (Å²) in [4.78, 5) is 12.3. The molecule has 1 aromatic heterocycles. The number of rotatable bonds is 7. The van der Waals surface area contributed by atoms with E-state index in [9.17, 15) is 4.79 Å². The van der Waals surface area contributed by atoms with Gasteiger partial charge in [0.1, 0.15) is 0 Å². The van der Waals surface area contributed by atoms with Gasteiger partial charge in [0.15, 0.2) is 0 Å². The largest absolute Gasteiger partial charge is 0.352 e. The average molecular weight is 370 g/mol. The lowest BCUT2D eigenvalue weighted by Gasteiger charge is -2.08. The number of para-hydroxylation sites is 1. The third-order valence-electron chi connectivity index (χ3n) is 5.46. The van der Waals surface area contributed by atoms with Crippen LogP contribution in [0.5, 0.6) is 0 Å². The Morgan fingerprint density at radius 1 is 1.07 bits per heavy atom. The fourth-order valence-corrected chi connectivity index (χ4v) is 3.80. The third-order valence-corrected chi connectivity index (χ3v) is 5.46. The van der Waals surface area contributed by atoms with E-state index in [1.54, 1.807) is 0 Å². The Hall–Kier alpha value is -3.07. The first-order valence-electron chi connectivity index (χ1n) is 9.93. The van der Waals surface area contributed by atoms with E-state index >= 15 is 0 Å². The van der Waals surface area contributed by atoms with Gasteiger partial charge in [0.25, 0.3) is 0 Å². The van der Waals surface area contributed by atoms with E-state index in [1.165, 1.54) is 33.2 Å². The predicted molar refractivity (Wildman–Crippen MR) is 115 cm³/mol. The molecule has 3 nitrogen and oxygen atoms in total. The zero-order valence-electron chi connectivity index (χ0n) is 16.3.